The predicted molar refractivity (Wildman–Crippen MR) is 102 cm³/mol. The minimum atomic E-state index is -0.276. The highest BCUT2D eigenvalue weighted by Crippen LogP contribution is 2.27. The Labute approximate surface area is 155 Å². The summed E-state index contributed by atoms with van der Waals surface area (Å²) in [4.78, 5) is 29.7. The zero-order valence-electron chi connectivity index (χ0n) is 13.4. The van der Waals surface area contributed by atoms with Crippen LogP contribution in [0.25, 0.3) is 10.9 Å². The summed E-state index contributed by atoms with van der Waals surface area (Å²) in [6.45, 7) is 2.62. The summed E-state index contributed by atoms with van der Waals surface area (Å²) < 4.78 is 0.768. The van der Waals surface area contributed by atoms with Gasteiger partial charge in [-0.25, -0.2) is 0 Å². The number of fused-ring (bicyclic) bond motifs is 1. The first kappa shape index (κ1) is 19.0. The number of rotatable bonds is 2. The Morgan fingerprint density at radius 2 is 2.17 bits per heavy atom. The van der Waals surface area contributed by atoms with Crippen LogP contribution in [0.4, 0.5) is 0 Å². The third-order valence-electron chi connectivity index (χ3n) is 4.47. The Bertz CT molecular complexity index is 806. The van der Waals surface area contributed by atoms with Crippen LogP contribution in [0.2, 0.25) is 0 Å². The maximum absolute atomic E-state index is 13.1. The smallest absolute Gasteiger partial charge is 0.255 e. The van der Waals surface area contributed by atoms with Gasteiger partial charge in [0.25, 0.3) is 5.91 Å². The predicted octanol–water partition coefficient (Wildman–Crippen LogP) is 3.05. The van der Waals surface area contributed by atoms with E-state index >= 15 is 0 Å². The van der Waals surface area contributed by atoms with Crippen molar-refractivity contribution in [2.24, 2.45) is 5.73 Å². The fourth-order valence-corrected chi connectivity index (χ4v) is 3.80. The van der Waals surface area contributed by atoms with Gasteiger partial charge in [0.1, 0.15) is 0 Å². The van der Waals surface area contributed by atoms with Crippen LogP contribution in [-0.4, -0.2) is 34.4 Å². The van der Waals surface area contributed by atoms with Gasteiger partial charge in [-0.3, -0.25) is 9.59 Å². The molecular weight excluding hydrogens is 394 g/mol. The van der Waals surface area contributed by atoms with Crippen molar-refractivity contribution in [2.75, 3.05) is 6.54 Å². The second kappa shape index (κ2) is 7.68. The number of amides is 1. The van der Waals surface area contributed by atoms with Crippen molar-refractivity contribution in [2.45, 2.75) is 38.3 Å². The molecule has 1 saturated heterocycles. The van der Waals surface area contributed by atoms with Crippen LogP contribution in [0.3, 0.4) is 0 Å². The number of aromatic nitrogens is 1. The lowest BCUT2D eigenvalue weighted by Crippen LogP contribution is -2.51. The van der Waals surface area contributed by atoms with Gasteiger partial charge in [-0.1, -0.05) is 12.1 Å². The van der Waals surface area contributed by atoms with Crippen LogP contribution in [-0.2, 0) is 0 Å². The van der Waals surface area contributed by atoms with Gasteiger partial charge in [-0.2, -0.15) is 0 Å². The summed E-state index contributed by atoms with van der Waals surface area (Å²) in [5.41, 5.74) is 6.89. The van der Waals surface area contributed by atoms with Crippen LogP contribution in [0.15, 0.2) is 33.5 Å². The van der Waals surface area contributed by atoms with E-state index in [2.05, 4.69) is 20.9 Å². The minimum Gasteiger partial charge on any atom is -0.334 e. The lowest BCUT2D eigenvalue weighted by molar-refractivity contribution is 0.0585. The fourth-order valence-electron chi connectivity index (χ4n) is 3.33. The summed E-state index contributed by atoms with van der Waals surface area (Å²) in [5.74, 6) is -0.110. The molecule has 1 aliphatic rings. The van der Waals surface area contributed by atoms with Crippen LogP contribution in [0, 0.1) is 0 Å². The summed E-state index contributed by atoms with van der Waals surface area (Å²) in [6, 6.07) is 6.90. The summed E-state index contributed by atoms with van der Waals surface area (Å²) in [7, 11) is 0. The molecule has 0 saturated carbocycles. The van der Waals surface area contributed by atoms with Gasteiger partial charge in [-0.05, 0) is 48.2 Å². The summed E-state index contributed by atoms with van der Waals surface area (Å²) >= 11 is 3.43. The number of likely N-dealkylation sites (tertiary alicyclic amines) is 1. The number of aromatic amines is 1. The Balaban J connectivity index is 0.00000208. The maximum Gasteiger partial charge on any atom is 0.255 e. The molecular formula is C17H21BrClN3O2. The van der Waals surface area contributed by atoms with Gasteiger partial charge in [0.2, 0.25) is 5.56 Å². The molecule has 1 amide bonds. The van der Waals surface area contributed by atoms with Crippen molar-refractivity contribution in [3.05, 3.63) is 44.7 Å². The molecule has 2 unspecified atom stereocenters. The van der Waals surface area contributed by atoms with Gasteiger partial charge in [0.05, 0.1) is 11.1 Å². The third-order valence-corrected chi connectivity index (χ3v) is 5.14. The van der Waals surface area contributed by atoms with Gasteiger partial charge in [0.15, 0.2) is 0 Å². The molecule has 1 aromatic carbocycles. The number of carbonyl (C=O) groups excluding carboxylic acids is 1. The number of carbonyl (C=O) groups is 1. The first-order chi connectivity index (χ1) is 11.0. The lowest BCUT2D eigenvalue weighted by Gasteiger charge is -2.38. The zero-order chi connectivity index (χ0) is 16.6. The number of nitrogens with one attached hydrogen (secondary N) is 1. The summed E-state index contributed by atoms with van der Waals surface area (Å²) in [6.07, 6.45) is 2.96. The van der Waals surface area contributed by atoms with Crippen molar-refractivity contribution in [1.29, 1.82) is 0 Å². The number of nitrogens with zero attached hydrogens (tertiary/aromatic N) is 1. The van der Waals surface area contributed by atoms with Crippen molar-refractivity contribution in [3.8, 4) is 0 Å². The van der Waals surface area contributed by atoms with Gasteiger partial charge < -0.3 is 15.6 Å². The topological polar surface area (TPSA) is 79.2 Å². The Morgan fingerprint density at radius 3 is 2.88 bits per heavy atom. The Kier molecular flexibility index (Phi) is 6.06. The second-order valence-corrected chi connectivity index (χ2v) is 6.98. The Hall–Kier alpha value is -1.37. The lowest BCUT2D eigenvalue weighted by atomic mass is 9.95. The number of hydrogen-bond acceptors (Lipinski definition) is 3. The first-order valence-corrected chi connectivity index (χ1v) is 8.66. The van der Waals surface area contributed by atoms with Crippen molar-refractivity contribution < 1.29 is 4.79 Å². The van der Waals surface area contributed by atoms with E-state index in [-0.39, 0.29) is 36.0 Å². The maximum atomic E-state index is 13.1. The number of benzene rings is 1. The molecule has 1 aromatic heterocycles. The largest absolute Gasteiger partial charge is 0.334 e. The number of nitrogens with two attached hydrogens (primary N) is 1. The highest BCUT2D eigenvalue weighted by molar-refractivity contribution is 9.10. The quantitative estimate of drug-likeness (QED) is 0.792. The van der Waals surface area contributed by atoms with Crippen LogP contribution in [0.5, 0.6) is 0 Å². The standard InChI is InChI=1S/C17H20BrN3O2.ClH/c1-10(19)14-7-2-3-8-21(14)17(23)12-9-15(22)20-16-11(12)5-4-6-13(16)18;/h4-6,9-10,14H,2-3,7-8,19H2,1H3,(H,20,22);1H. The second-order valence-electron chi connectivity index (χ2n) is 6.13. The van der Waals surface area contributed by atoms with Gasteiger partial charge in [0, 0.05) is 34.6 Å². The molecule has 3 N–H and O–H groups in total. The monoisotopic (exact) mass is 413 g/mol. The SMILES string of the molecule is CC(N)C1CCCCN1C(=O)c1cc(=O)[nH]c2c(Br)cccc12.Cl. The number of piperidine rings is 1. The highest BCUT2D eigenvalue weighted by Gasteiger charge is 2.30. The first-order valence-electron chi connectivity index (χ1n) is 7.87. The van der Waals surface area contributed by atoms with E-state index in [1.807, 2.05) is 30.0 Å². The number of halogens is 2. The fraction of sp³-hybridized carbons (Fsp3) is 0.412. The van der Waals surface area contributed by atoms with Crippen LogP contribution < -0.4 is 11.3 Å². The molecule has 0 spiro atoms. The molecule has 2 atom stereocenters. The summed E-state index contributed by atoms with van der Waals surface area (Å²) in [5, 5.41) is 0.748. The average Bonchev–Trinajstić information content (AvgIpc) is 2.54. The normalized spacial score (nSPS) is 19.0. The van der Waals surface area contributed by atoms with E-state index in [4.69, 9.17) is 5.73 Å². The van der Waals surface area contributed by atoms with Crippen molar-refractivity contribution >= 4 is 45.1 Å². The van der Waals surface area contributed by atoms with E-state index in [0.29, 0.717) is 17.6 Å². The molecule has 24 heavy (non-hydrogen) atoms. The molecule has 0 radical (unpaired) electrons. The molecule has 7 heteroatoms. The van der Waals surface area contributed by atoms with Crippen molar-refractivity contribution in [1.82, 2.24) is 9.88 Å². The molecule has 130 valence electrons. The minimum absolute atomic E-state index is 0. The molecule has 2 heterocycles. The molecule has 1 fully saturated rings. The number of para-hydroxylation sites is 1. The molecule has 0 bridgehead atoms. The molecule has 1 aliphatic heterocycles. The number of hydrogen-bond donors (Lipinski definition) is 2. The third kappa shape index (κ3) is 3.50. The van der Waals surface area contributed by atoms with Gasteiger partial charge in [-0.15, -0.1) is 12.4 Å². The Morgan fingerprint density at radius 1 is 1.42 bits per heavy atom. The van der Waals surface area contributed by atoms with E-state index < -0.39 is 0 Å². The van der Waals surface area contributed by atoms with Crippen LogP contribution in [0.1, 0.15) is 36.5 Å². The molecule has 5 nitrogen and oxygen atoms in total. The molecule has 0 aliphatic carbocycles. The van der Waals surface area contributed by atoms with E-state index in [9.17, 15) is 9.59 Å². The molecule has 3 rings (SSSR count). The van der Waals surface area contributed by atoms with Crippen molar-refractivity contribution in [3.63, 3.8) is 0 Å². The van der Waals surface area contributed by atoms with Crippen LogP contribution >= 0.6 is 28.3 Å². The van der Waals surface area contributed by atoms with E-state index in [1.54, 1.807) is 0 Å². The van der Waals surface area contributed by atoms with E-state index in [0.717, 1.165) is 29.1 Å². The highest BCUT2D eigenvalue weighted by atomic mass is 79.9. The van der Waals surface area contributed by atoms with Gasteiger partial charge >= 0.3 is 0 Å². The average molecular weight is 415 g/mol. The zero-order valence-corrected chi connectivity index (χ0v) is 15.8. The number of H-pyrrole nitrogens is 1. The molecule has 2 aromatic rings. The van der Waals surface area contributed by atoms with E-state index in [1.165, 1.54) is 6.07 Å². The number of pyridine rings is 1.